The number of fused-ring (bicyclic) bond motifs is 3. The van der Waals surface area contributed by atoms with Gasteiger partial charge in [0.2, 0.25) is 0 Å². The zero-order valence-corrected chi connectivity index (χ0v) is 16.5. The lowest BCUT2D eigenvalue weighted by Gasteiger charge is -2.11. The van der Waals surface area contributed by atoms with Crippen LogP contribution in [0.3, 0.4) is 0 Å². The quantitative estimate of drug-likeness (QED) is 0.330. The van der Waals surface area contributed by atoms with E-state index < -0.39 is 0 Å². The van der Waals surface area contributed by atoms with Gasteiger partial charge < -0.3 is 4.57 Å². The first kappa shape index (κ1) is 17.3. The van der Waals surface area contributed by atoms with E-state index in [1.165, 1.54) is 27.6 Å². The maximum Gasteiger partial charge on any atom is 0.0991 e. The molecule has 0 spiro atoms. The summed E-state index contributed by atoms with van der Waals surface area (Å²) in [6, 6.07) is 32.0. The molecule has 0 aliphatic heterocycles. The molecule has 0 saturated heterocycles. The van der Waals surface area contributed by atoms with Crippen LogP contribution >= 0.6 is 0 Å². The molecule has 2 nitrogen and oxygen atoms in total. The molecule has 5 rings (SSSR count). The lowest BCUT2D eigenvalue weighted by Crippen LogP contribution is -1.94. The predicted octanol–water partition coefficient (Wildman–Crippen LogP) is 6.94. The Morgan fingerprint density at radius 1 is 0.655 bits per heavy atom. The van der Waals surface area contributed by atoms with Gasteiger partial charge in [0, 0.05) is 16.5 Å². The minimum absolute atomic E-state index is 0.687. The number of aryl methyl sites for hydroxylation is 2. The van der Waals surface area contributed by atoms with Gasteiger partial charge in [-0.1, -0.05) is 53.6 Å². The van der Waals surface area contributed by atoms with Gasteiger partial charge in [0.05, 0.1) is 22.7 Å². The minimum Gasteiger partial charge on any atom is -0.309 e. The third-order valence-electron chi connectivity index (χ3n) is 5.51. The van der Waals surface area contributed by atoms with Crippen LogP contribution in [0, 0.1) is 25.2 Å². The van der Waals surface area contributed by atoms with Gasteiger partial charge in [0.1, 0.15) is 0 Å². The normalized spacial score (nSPS) is 11.1. The molecule has 0 amide bonds. The van der Waals surface area contributed by atoms with Crippen molar-refractivity contribution in [2.75, 3.05) is 0 Å². The summed E-state index contributed by atoms with van der Waals surface area (Å²) in [5.41, 5.74) is 8.96. The van der Waals surface area contributed by atoms with Crippen molar-refractivity contribution < 1.29 is 0 Å². The summed E-state index contributed by atoms with van der Waals surface area (Å²) in [5, 5.41) is 11.7. The summed E-state index contributed by atoms with van der Waals surface area (Å²) in [6.07, 6.45) is 0. The van der Waals surface area contributed by atoms with Gasteiger partial charge >= 0.3 is 0 Å². The van der Waals surface area contributed by atoms with Crippen molar-refractivity contribution in [3.05, 3.63) is 102 Å². The Bertz CT molecular complexity index is 1430. The first-order chi connectivity index (χ1) is 14.1. The van der Waals surface area contributed by atoms with Crippen LogP contribution in [0.2, 0.25) is 0 Å². The number of aromatic nitrogens is 1. The third-order valence-corrected chi connectivity index (χ3v) is 5.51. The van der Waals surface area contributed by atoms with Crippen molar-refractivity contribution in [2.45, 2.75) is 13.8 Å². The molecule has 0 aliphatic rings. The van der Waals surface area contributed by atoms with Crippen LogP contribution in [-0.2, 0) is 0 Å². The molecule has 0 bridgehead atoms. The minimum atomic E-state index is 0.687. The Hall–Kier alpha value is -3.83. The van der Waals surface area contributed by atoms with Crippen LogP contribution in [0.25, 0.3) is 38.6 Å². The van der Waals surface area contributed by atoms with Crippen molar-refractivity contribution in [3.63, 3.8) is 0 Å². The molecular formula is C27H20N2. The van der Waals surface area contributed by atoms with Crippen molar-refractivity contribution >= 4 is 21.8 Å². The van der Waals surface area contributed by atoms with E-state index in [2.05, 4.69) is 97.3 Å². The molecule has 1 aromatic heterocycles. The molecule has 138 valence electrons. The summed E-state index contributed by atoms with van der Waals surface area (Å²) in [4.78, 5) is 0. The highest BCUT2D eigenvalue weighted by Gasteiger charge is 2.13. The van der Waals surface area contributed by atoms with E-state index >= 15 is 0 Å². The summed E-state index contributed by atoms with van der Waals surface area (Å²) in [7, 11) is 0. The number of nitrogens with zero attached hydrogens (tertiary/aromatic N) is 2. The van der Waals surface area contributed by atoms with Crippen LogP contribution in [0.4, 0.5) is 0 Å². The monoisotopic (exact) mass is 372 g/mol. The lowest BCUT2D eigenvalue weighted by molar-refractivity contribution is 1.18. The molecule has 0 radical (unpaired) electrons. The van der Waals surface area contributed by atoms with Gasteiger partial charge in [-0.15, -0.1) is 0 Å². The summed E-state index contributed by atoms with van der Waals surface area (Å²) < 4.78 is 2.30. The van der Waals surface area contributed by atoms with Gasteiger partial charge in [-0.3, -0.25) is 0 Å². The van der Waals surface area contributed by atoms with Crippen LogP contribution in [0.5, 0.6) is 0 Å². The first-order valence-corrected chi connectivity index (χ1v) is 9.76. The van der Waals surface area contributed by atoms with Crippen molar-refractivity contribution in [1.82, 2.24) is 4.57 Å². The number of nitriles is 1. The Morgan fingerprint density at radius 3 is 2.07 bits per heavy atom. The molecule has 0 atom stereocenters. The van der Waals surface area contributed by atoms with E-state index in [1.54, 1.807) is 0 Å². The molecule has 0 aliphatic carbocycles. The Balaban J connectivity index is 1.81. The largest absolute Gasteiger partial charge is 0.309 e. The van der Waals surface area contributed by atoms with E-state index in [0.717, 1.165) is 22.1 Å². The lowest BCUT2D eigenvalue weighted by atomic mass is 10.0. The van der Waals surface area contributed by atoms with Crippen molar-refractivity contribution in [2.24, 2.45) is 0 Å². The molecule has 0 N–H and O–H groups in total. The maximum atomic E-state index is 9.38. The van der Waals surface area contributed by atoms with E-state index in [0.29, 0.717) is 5.56 Å². The van der Waals surface area contributed by atoms with Gasteiger partial charge in [-0.05, 0) is 67.4 Å². The smallest absolute Gasteiger partial charge is 0.0991 e. The zero-order chi connectivity index (χ0) is 20.0. The van der Waals surface area contributed by atoms with E-state index in [1.807, 2.05) is 12.1 Å². The fourth-order valence-corrected chi connectivity index (χ4v) is 4.13. The third kappa shape index (κ3) is 2.88. The fourth-order valence-electron chi connectivity index (χ4n) is 4.13. The Labute approximate surface area is 170 Å². The first-order valence-electron chi connectivity index (χ1n) is 9.76. The van der Waals surface area contributed by atoms with E-state index in [9.17, 15) is 5.26 Å². The SMILES string of the molecule is Cc1cccc(-c2cccc(-n3c4ccc(C)cc4c4cc(C#N)ccc43)c2)c1. The average molecular weight is 372 g/mol. The maximum absolute atomic E-state index is 9.38. The molecule has 1 heterocycles. The highest BCUT2D eigenvalue weighted by atomic mass is 15.0. The molecule has 5 aromatic rings. The summed E-state index contributed by atoms with van der Waals surface area (Å²) >= 11 is 0. The molecule has 0 fully saturated rings. The Kier molecular flexibility index (Phi) is 3.96. The average Bonchev–Trinajstić information content (AvgIpc) is 3.06. The number of hydrogen-bond donors (Lipinski definition) is 0. The second-order valence-electron chi connectivity index (χ2n) is 7.62. The van der Waals surface area contributed by atoms with Gasteiger partial charge in [0.15, 0.2) is 0 Å². The fraction of sp³-hybridized carbons (Fsp3) is 0.0741. The van der Waals surface area contributed by atoms with Crippen LogP contribution in [0.15, 0.2) is 84.9 Å². The highest BCUT2D eigenvalue weighted by Crippen LogP contribution is 2.34. The second-order valence-corrected chi connectivity index (χ2v) is 7.62. The van der Waals surface area contributed by atoms with E-state index in [4.69, 9.17) is 0 Å². The van der Waals surface area contributed by atoms with Crippen LogP contribution in [0.1, 0.15) is 16.7 Å². The van der Waals surface area contributed by atoms with Gasteiger partial charge in [-0.25, -0.2) is 0 Å². The van der Waals surface area contributed by atoms with Gasteiger partial charge in [0.25, 0.3) is 0 Å². The molecule has 29 heavy (non-hydrogen) atoms. The number of rotatable bonds is 2. The molecule has 0 saturated carbocycles. The second kappa shape index (κ2) is 6.65. The highest BCUT2D eigenvalue weighted by molar-refractivity contribution is 6.10. The van der Waals surface area contributed by atoms with Crippen molar-refractivity contribution in [1.29, 1.82) is 5.26 Å². The number of hydrogen-bond acceptors (Lipinski definition) is 1. The predicted molar refractivity (Wildman–Crippen MR) is 120 cm³/mol. The molecule has 4 aromatic carbocycles. The topological polar surface area (TPSA) is 28.7 Å². The molecular weight excluding hydrogens is 352 g/mol. The standard InChI is InChI=1S/C27H20N2/c1-18-5-3-6-21(13-18)22-7-4-8-23(16-22)29-26-11-9-19(2)14-24(26)25-15-20(17-28)10-12-27(25)29/h3-16H,1-2H3. The van der Waals surface area contributed by atoms with Crippen LogP contribution < -0.4 is 0 Å². The molecule has 2 heteroatoms. The van der Waals surface area contributed by atoms with Gasteiger partial charge in [-0.2, -0.15) is 5.26 Å². The van der Waals surface area contributed by atoms with Crippen LogP contribution in [-0.4, -0.2) is 4.57 Å². The summed E-state index contributed by atoms with van der Waals surface area (Å²) in [6.45, 7) is 4.23. The Morgan fingerprint density at radius 2 is 1.31 bits per heavy atom. The number of benzene rings is 4. The van der Waals surface area contributed by atoms with Crippen molar-refractivity contribution in [3.8, 4) is 22.9 Å². The summed E-state index contributed by atoms with van der Waals surface area (Å²) in [5.74, 6) is 0. The molecule has 0 unspecified atom stereocenters. The zero-order valence-electron chi connectivity index (χ0n) is 16.5. The van der Waals surface area contributed by atoms with E-state index in [-0.39, 0.29) is 0 Å².